The quantitative estimate of drug-likeness (QED) is 0.690. The van der Waals surface area contributed by atoms with Crippen molar-refractivity contribution in [3.05, 3.63) is 58.4 Å². The van der Waals surface area contributed by atoms with Gasteiger partial charge in [0.1, 0.15) is 6.54 Å². The third-order valence-electron chi connectivity index (χ3n) is 5.34. The van der Waals surface area contributed by atoms with Crippen molar-refractivity contribution in [3.63, 3.8) is 0 Å². The molecular weight excluding hydrogens is 342 g/mol. The second-order valence-corrected chi connectivity index (χ2v) is 8.13. The fraction of sp³-hybridized carbons (Fsp3) is 0.381. The molecule has 136 valence electrons. The molecule has 4 nitrogen and oxygen atoms in total. The number of hydrogen-bond acceptors (Lipinski definition) is 2. The predicted octanol–water partition coefficient (Wildman–Crippen LogP) is 2.48. The fourth-order valence-corrected chi connectivity index (χ4v) is 4.61. The smallest absolute Gasteiger partial charge is 0.222 e. The van der Waals surface area contributed by atoms with Gasteiger partial charge in [0.2, 0.25) is 5.91 Å². The van der Waals surface area contributed by atoms with Crippen molar-refractivity contribution in [2.24, 2.45) is 0 Å². The van der Waals surface area contributed by atoms with Crippen LogP contribution in [0.4, 0.5) is 0 Å². The number of nitrogens with one attached hydrogen (secondary N) is 2. The first-order valence-corrected chi connectivity index (χ1v) is 10.4. The zero-order chi connectivity index (χ0) is 17.8. The Morgan fingerprint density at radius 3 is 2.81 bits per heavy atom. The standard InChI is InChI=1S/C21H25N3OS/c25-21(9-3-5-17-15-22-20-8-2-1-7-19(17)20)24-12-10-23(11-13-24)16-18-6-4-14-26-18/h1-2,4,6-8,14-15,22H,3,5,9-13,16H2/p+1. The third-order valence-corrected chi connectivity index (χ3v) is 6.22. The first-order chi connectivity index (χ1) is 12.8. The maximum atomic E-state index is 12.5. The van der Waals surface area contributed by atoms with Crippen molar-refractivity contribution < 1.29 is 9.69 Å². The molecule has 0 aliphatic carbocycles. The minimum absolute atomic E-state index is 0.319. The Labute approximate surface area is 158 Å². The highest BCUT2D eigenvalue weighted by molar-refractivity contribution is 7.09. The molecule has 0 atom stereocenters. The van der Waals surface area contributed by atoms with Gasteiger partial charge in [-0.15, -0.1) is 11.3 Å². The number of quaternary nitrogens is 1. The lowest BCUT2D eigenvalue weighted by Gasteiger charge is -2.32. The summed E-state index contributed by atoms with van der Waals surface area (Å²) in [5.41, 5.74) is 2.50. The normalized spacial score (nSPS) is 15.6. The molecule has 0 radical (unpaired) electrons. The minimum atomic E-state index is 0.319. The van der Waals surface area contributed by atoms with E-state index in [1.807, 2.05) is 17.4 Å². The molecule has 26 heavy (non-hydrogen) atoms. The van der Waals surface area contributed by atoms with Gasteiger partial charge in [-0.1, -0.05) is 24.3 Å². The van der Waals surface area contributed by atoms with E-state index in [9.17, 15) is 4.79 Å². The molecular formula is C21H26N3OS+. The number of hydrogen-bond donors (Lipinski definition) is 2. The molecule has 5 heteroatoms. The zero-order valence-electron chi connectivity index (χ0n) is 15.0. The van der Waals surface area contributed by atoms with Crippen LogP contribution in [0.5, 0.6) is 0 Å². The fourth-order valence-electron chi connectivity index (χ4n) is 3.84. The Bertz CT molecular complexity index is 847. The van der Waals surface area contributed by atoms with Crippen LogP contribution >= 0.6 is 11.3 Å². The maximum Gasteiger partial charge on any atom is 0.222 e. The molecule has 0 unspecified atom stereocenters. The van der Waals surface area contributed by atoms with Gasteiger partial charge in [0, 0.05) is 23.5 Å². The molecule has 1 amide bonds. The molecule has 0 spiro atoms. The lowest BCUT2D eigenvalue weighted by molar-refractivity contribution is -0.917. The van der Waals surface area contributed by atoms with E-state index in [0.717, 1.165) is 45.6 Å². The Kier molecular flexibility index (Phi) is 5.37. The molecule has 1 aliphatic heterocycles. The average molecular weight is 369 g/mol. The van der Waals surface area contributed by atoms with Crippen LogP contribution in [0.3, 0.4) is 0 Å². The monoisotopic (exact) mass is 368 g/mol. The number of para-hydroxylation sites is 1. The van der Waals surface area contributed by atoms with Crippen LogP contribution in [0.1, 0.15) is 23.3 Å². The van der Waals surface area contributed by atoms with Gasteiger partial charge in [0.05, 0.1) is 31.1 Å². The SMILES string of the molecule is O=C(CCCc1c[nH]c2ccccc12)N1CC[NH+](Cc2cccs2)CC1. The summed E-state index contributed by atoms with van der Waals surface area (Å²) in [7, 11) is 0. The number of carbonyl (C=O) groups excluding carboxylic acids is 1. The van der Waals surface area contributed by atoms with E-state index in [2.05, 4.69) is 51.8 Å². The largest absolute Gasteiger partial charge is 0.361 e. The lowest BCUT2D eigenvalue weighted by atomic mass is 10.1. The van der Waals surface area contributed by atoms with Crippen LogP contribution in [-0.4, -0.2) is 42.0 Å². The van der Waals surface area contributed by atoms with Crippen LogP contribution < -0.4 is 4.90 Å². The van der Waals surface area contributed by atoms with Crippen molar-refractivity contribution in [1.29, 1.82) is 0 Å². The van der Waals surface area contributed by atoms with E-state index >= 15 is 0 Å². The molecule has 3 heterocycles. The van der Waals surface area contributed by atoms with Crippen LogP contribution in [0.15, 0.2) is 48.0 Å². The van der Waals surface area contributed by atoms with Crippen molar-refractivity contribution in [1.82, 2.24) is 9.88 Å². The summed E-state index contributed by atoms with van der Waals surface area (Å²) < 4.78 is 0. The molecule has 0 bridgehead atoms. The van der Waals surface area contributed by atoms with E-state index in [1.54, 1.807) is 4.90 Å². The third kappa shape index (κ3) is 4.00. The van der Waals surface area contributed by atoms with E-state index in [-0.39, 0.29) is 0 Å². The highest BCUT2D eigenvalue weighted by Gasteiger charge is 2.23. The number of aromatic nitrogens is 1. The number of aromatic amines is 1. The topological polar surface area (TPSA) is 40.5 Å². The molecule has 0 saturated carbocycles. The number of piperazine rings is 1. The summed E-state index contributed by atoms with van der Waals surface area (Å²) >= 11 is 1.83. The van der Waals surface area contributed by atoms with Gasteiger partial charge in [0.15, 0.2) is 0 Å². The zero-order valence-corrected chi connectivity index (χ0v) is 15.9. The Hall–Kier alpha value is -2.11. The predicted molar refractivity (Wildman–Crippen MR) is 107 cm³/mol. The molecule has 2 N–H and O–H groups in total. The van der Waals surface area contributed by atoms with Gasteiger partial charge >= 0.3 is 0 Å². The molecule has 3 aromatic rings. The molecule has 4 rings (SSSR count). The van der Waals surface area contributed by atoms with Crippen LogP contribution in [0, 0.1) is 0 Å². The summed E-state index contributed by atoms with van der Waals surface area (Å²) in [4.78, 5) is 20.9. The Morgan fingerprint density at radius 1 is 1.15 bits per heavy atom. The molecule has 2 aromatic heterocycles. The van der Waals surface area contributed by atoms with E-state index in [1.165, 1.54) is 21.3 Å². The first-order valence-electron chi connectivity index (χ1n) is 9.48. The summed E-state index contributed by atoms with van der Waals surface area (Å²) in [6.45, 7) is 5.01. The average Bonchev–Trinajstić information content (AvgIpc) is 3.32. The van der Waals surface area contributed by atoms with Crippen molar-refractivity contribution in [3.8, 4) is 0 Å². The van der Waals surface area contributed by atoms with Crippen molar-refractivity contribution in [2.45, 2.75) is 25.8 Å². The Morgan fingerprint density at radius 2 is 2.00 bits per heavy atom. The minimum Gasteiger partial charge on any atom is -0.361 e. The number of benzene rings is 1. The van der Waals surface area contributed by atoms with E-state index in [0.29, 0.717) is 12.3 Å². The van der Waals surface area contributed by atoms with Crippen molar-refractivity contribution >= 4 is 28.1 Å². The van der Waals surface area contributed by atoms with Crippen LogP contribution in [0.25, 0.3) is 10.9 Å². The van der Waals surface area contributed by atoms with E-state index < -0.39 is 0 Å². The summed E-state index contributed by atoms with van der Waals surface area (Å²) in [5, 5.41) is 3.42. The van der Waals surface area contributed by atoms with Gasteiger partial charge in [-0.05, 0) is 35.9 Å². The van der Waals surface area contributed by atoms with Crippen molar-refractivity contribution in [2.75, 3.05) is 26.2 Å². The summed E-state index contributed by atoms with van der Waals surface area (Å²) in [5.74, 6) is 0.319. The number of rotatable bonds is 6. The number of aryl methyl sites for hydroxylation is 1. The number of H-pyrrole nitrogens is 1. The number of nitrogens with zero attached hydrogens (tertiary/aromatic N) is 1. The lowest BCUT2D eigenvalue weighted by Crippen LogP contribution is -3.13. The second-order valence-electron chi connectivity index (χ2n) is 7.10. The van der Waals surface area contributed by atoms with Gasteiger partial charge in [0.25, 0.3) is 0 Å². The van der Waals surface area contributed by atoms with Gasteiger partial charge in [-0.25, -0.2) is 0 Å². The van der Waals surface area contributed by atoms with Gasteiger partial charge in [-0.3, -0.25) is 4.79 Å². The summed E-state index contributed by atoms with van der Waals surface area (Å²) in [6.07, 6.45) is 4.61. The Balaban J connectivity index is 1.22. The second kappa shape index (κ2) is 8.06. The molecule has 1 fully saturated rings. The number of fused-ring (bicyclic) bond motifs is 1. The number of carbonyl (C=O) groups is 1. The first kappa shape index (κ1) is 17.3. The highest BCUT2D eigenvalue weighted by atomic mass is 32.1. The molecule has 1 aromatic carbocycles. The van der Waals surface area contributed by atoms with E-state index in [4.69, 9.17) is 0 Å². The van der Waals surface area contributed by atoms with Crippen LogP contribution in [-0.2, 0) is 17.8 Å². The van der Waals surface area contributed by atoms with Gasteiger partial charge < -0.3 is 14.8 Å². The summed E-state index contributed by atoms with van der Waals surface area (Å²) in [6, 6.07) is 12.7. The maximum absolute atomic E-state index is 12.5. The van der Waals surface area contributed by atoms with Crippen LogP contribution in [0.2, 0.25) is 0 Å². The number of thiophene rings is 1. The van der Waals surface area contributed by atoms with Gasteiger partial charge in [-0.2, -0.15) is 0 Å². The molecule has 1 aliphatic rings. The molecule has 1 saturated heterocycles. The highest BCUT2D eigenvalue weighted by Crippen LogP contribution is 2.19. The number of amides is 1.